The van der Waals surface area contributed by atoms with Gasteiger partial charge in [0.1, 0.15) is 6.04 Å². The van der Waals surface area contributed by atoms with Gasteiger partial charge in [-0.25, -0.2) is 0 Å². The van der Waals surface area contributed by atoms with Crippen molar-refractivity contribution >= 4 is 0 Å². The number of halogens is 3. The van der Waals surface area contributed by atoms with Crippen LogP contribution in [0.15, 0.2) is 0 Å². The Hall–Kier alpha value is -0.290. The molecule has 94 valence electrons. The Bertz CT molecular complexity index is 226. The van der Waals surface area contributed by atoms with Gasteiger partial charge in [-0.2, -0.15) is 13.2 Å². The Labute approximate surface area is 93.7 Å². The van der Waals surface area contributed by atoms with E-state index in [0.717, 1.165) is 19.3 Å². The molecule has 0 aliphatic carbocycles. The Kier molecular flexibility index (Phi) is 3.74. The Morgan fingerprint density at radius 2 is 1.69 bits per heavy atom. The molecule has 2 rings (SSSR count). The molecule has 2 aliphatic heterocycles. The van der Waals surface area contributed by atoms with E-state index in [4.69, 9.17) is 4.74 Å². The molecule has 0 aromatic carbocycles. The van der Waals surface area contributed by atoms with Gasteiger partial charge < -0.3 is 4.74 Å². The fourth-order valence-corrected chi connectivity index (χ4v) is 2.76. The Balaban J connectivity index is 2.03. The van der Waals surface area contributed by atoms with Crippen LogP contribution in [-0.2, 0) is 4.74 Å². The van der Waals surface area contributed by atoms with Crippen molar-refractivity contribution in [1.82, 2.24) is 4.90 Å². The van der Waals surface area contributed by atoms with Crippen LogP contribution in [-0.4, -0.2) is 42.9 Å². The molecule has 1 unspecified atom stereocenters. The Morgan fingerprint density at radius 3 is 2.31 bits per heavy atom. The van der Waals surface area contributed by atoms with E-state index in [-0.39, 0.29) is 12.5 Å². The monoisotopic (exact) mass is 237 g/mol. The highest BCUT2D eigenvalue weighted by molar-refractivity contribution is 4.88. The molecule has 1 atom stereocenters. The summed E-state index contributed by atoms with van der Waals surface area (Å²) in [5.74, 6) is 0. The molecule has 16 heavy (non-hydrogen) atoms. The van der Waals surface area contributed by atoms with Crippen molar-refractivity contribution in [2.75, 3.05) is 19.8 Å². The van der Waals surface area contributed by atoms with Crippen LogP contribution in [0.3, 0.4) is 0 Å². The SMILES string of the molecule is FC(F)(F)C1CCCCN1C1CCOCC1. The minimum absolute atomic E-state index is 0.0701. The van der Waals surface area contributed by atoms with E-state index in [1.165, 1.54) is 0 Å². The van der Waals surface area contributed by atoms with Crippen molar-refractivity contribution < 1.29 is 17.9 Å². The highest BCUT2D eigenvalue weighted by Gasteiger charge is 2.46. The molecule has 2 aliphatic rings. The largest absolute Gasteiger partial charge is 0.404 e. The average Bonchev–Trinajstić information content (AvgIpc) is 2.29. The lowest BCUT2D eigenvalue weighted by molar-refractivity contribution is -0.201. The summed E-state index contributed by atoms with van der Waals surface area (Å²) < 4.78 is 43.8. The van der Waals surface area contributed by atoms with Crippen LogP contribution in [0, 0.1) is 0 Å². The smallest absolute Gasteiger partial charge is 0.381 e. The van der Waals surface area contributed by atoms with Crippen molar-refractivity contribution in [2.45, 2.75) is 50.4 Å². The summed E-state index contributed by atoms with van der Waals surface area (Å²) in [4.78, 5) is 1.67. The second kappa shape index (κ2) is 4.92. The molecule has 0 spiro atoms. The molecule has 2 heterocycles. The summed E-state index contributed by atoms with van der Waals surface area (Å²) in [6.07, 6.45) is -0.730. The van der Waals surface area contributed by atoms with Crippen LogP contribution in [0.5, 0.6) is 0 Å². The molecule has 2 saturated heterocycles. The normalized spacial score (nSPS) is 30.6. The van der Waals surface area contributed by atoms with Crippen LogP contribution in [0.25, 0.3) is 0 Å². The first kappa shape index (κ1) is 12.2. The number of rotatable bonds is 1. The topological polar surface area (TPSA) is 12.5 Å². The number of likely N-dealkylation sites (tertiary alicyclic amines) is 1. The summed E-state index contributed by atoms with van der Waals surface area (Å²) in [7, 11) is 0. The molecule has 0 aromatic heterocycles. The average molecular weight is 237 g/mol. The molecule has 0 aromatic rings. The number of hydrogen-bond acceptors (Lipinski definition) is 2. The van der Waals surface area contributed by atoms with Crippen LogP contribution in [0.1, 0.15) is 32.1 Å². The Morgan fingerprint density at radius 1 is 1.00 bits per heavy atom. The second-order valence-corrected chi connectivity index (χ2v) is 4.63. The first-order chi connectivity index (χ1) is 7.59. The lowest BCUT2D eigenvalue weighted by atomic mass is 9.96. The minimum Gasteiger partial charge on any atom is -0.381 e. The first-order valence-corrected chi connectivity index (χ1v) is 5.99. The highest BCUT2D eigenvalue weighted by atomic mass is 19.4. The van der Waals surface area contributed by atoms with E-state index >= 15 is 0 Å². The first-order valence-electron chi connectivity index (χ1n) is 5.99. The summed E-state index contributed by atoms with van der Waals surface area (Å²) >= 11 is 0. The van der Waals surface area contributed by atoms with Gasteiger partial charge in [0, 0.05) is 19.3 Å². The fourth-order valence-electron chi connectivity index (χ4n) is 2.76. The van der Waals surface area contributed by atoms with E-state index in [9.17, 15) is 13.2 Å². The predicted octanol–water partition coefficient (Wildman–Crippen LogP) is 2.58. The predicted molar refractivity (Wildman–Crippen MR) is 54.2 cm³/mol. The quantitative estimate of drug-likeness (QED) is 0.695. The summed E-state index contributed by atoms with van der Waals surface area (Å²) in [6.45, 7) is 1.80. The number of ether oxygens (including phenoxy) is 1. The molecule has 2 fully saturated rings. The molecule has 0 amide bonds. The third kappa shape index (κ3) is 2.69. The van der Waals surface area contributed by atoms with Gasteiger partial charge in [-0.15, -0.1) is 0 Å². The van der Waals surface area contributed by atoms with E-state index < -0.39 is 12.2 Å². The highest BCUT2D eigenvalue weighted by Crippen LogP contribution is 2.34. The summed E-state index contributed by atoms with van der Waals surface area (Å²) in [5, 5.41) is 0. The maximum Gasteiger partial charge on any atom is 0.404 e. The van der Waals surface area contributed by atoms with Crippen molar-refractivity contribution in [3.63, 3.8) is 0 Å². The third-order valence-electron chi connectivity index (χ3n) is 3.58. The molecule has 0 radical (unpaired) electrons. The van der Waals surface area contributed by atoms with Crippen molar-refractivity contribution in [2.24, 2.45) is 0 Å². The minimum atomic E-state index is -4.07. The van der Waals surface area contributed by atoms with Crippen LogP contribution < -0.4 is 0 Å². The van der Waals surface area contributed by atoms with Gasteiger partial charge in [0.15, 0.2) is 0 Å². The van der Waals surface area contributed by atoms with E-state index in [1.54, 1.807) is 4.90 Å². The number of piperidine rings is 1. The van der Waals surface area contributed by atoms with Gasteiger partial charge in [-0.3, -0.25) is 4.90 Å². The van der Waals surface area contributed by atoms with Gasteiger partial charge in [0.2, 0.25) is 0 Å². The van der Waals surface area contributed by atoms with Crippen molar-refractivity contribution in [3.8, 4) is 0 Å². The molecule has 0 saturated carbocycles. The fraction of sp³-hybridized carbons (Fsp3) is 1.00. The standard InChI is InChI=1S/C11H18F3NO/c12-11(13,14)10-3-1-2-6-15(10)9-4-7-16-8-5-9/h9-10H,1-8H2. The van der Waals surface area contributed by atoms with Gasteiger partial charge in [-0.1, -0.05) is 6.42 Å². The number of nitrogens with zero attached hydrogens (tertiary/aromatic N) is 1. The second-order valence-electron chi connectivity index (χ2n) is 4.63. The van der Waals surface area contributed by atoms with Crippen molar-refractivity contribution in [1.29, 1.82) is 0 Å². The molecule has 0 bridgehead atoms. The maximum absolute atomic E-state index is 12.9. The number of alkyl halides is 3. The zero-order valence-corrected chi connectivity index (χ0v) is 9.30. The van der Waals surface area contributed by atoms with E-state index in [2.05, 4.69) is 0 Å². The van der Waals surface area contributed by atoms with Gasteiger partial charge in [0.25, 0.3) is 0 Å². The van der Waals surface area contributed by atoms with Gasteiger partial charge in [0.05, 0.1) is 0 Å². The lowest BCUT2D eigenvalue weighted by Crippen LogP contribution is -2.54. The summed E-state index contributed by atoms with van der Waals surface area (Å²) in [6, 6.07) is -1.15. The molecule has 5 heteroatoms. The van der Waals surface area contributed by atoms with E-state index in [1.807, 2.05) is 0 Å². The maximum atomic E-state index is 12.9. The van der Waals surface area contributed by atoms with E-state index in [0.29, 0.717) is 26.2 Å². The molecular weight excluding hydrogens is 219 g/mol. The molecule has 2 nitrogen and oxygen atoms in total. The van der Waals surface area contributed by atoms with Crippen molar-refractivity contribution in [3.05, 3.63) is 0 Å². The van der Waals surface area contributed by atoms with Gasteiger partial charge >= 0.3 is 6.18 Å². The van der Waals surface area contributed by atoms with Crippen LogP contribution in [0.4, 0.5) is 13.2 Å². The lowest BCUT2D eigenvalue weighted by Gasteiger charge is -2.43. The van der Waals surface area contributed by atoms with Crippen LogP contribution >= 0.6 is 0 Å². The molecular formula is C11H18F3NO. The zero-order chi connectivity index (χ0) is 11.6. The number of hydrogen-bond donors (Lipinski definition) is 0. The molecule has 0 N–H and O–H groups in total. The van der Waals surface area contributed by atoms with Gasteiger partial charge in [-0.05, 0) is 32.2 Å². The third-order valence-corrected chi connectivity index (χ3v) is 3.58. The summed E-state index contributed by atoms with van der Waals surface area (Å²) in [5.41, 5.74) is 0. The van der Waals surface area contributed by atoms with Crippen LogP contribution in [0.2, 0.25) is 0 Å². The zero-order valence-electron chi connectivity index (χ0n) is 9.30.